The lowest BCUT2D eigenvalue weighted by Gasteiger charge is -2.63. The van der Waals surface area contributed by atoms with Crippen molar-refractivity contribution in [1.29, 1.82) is 0 Å². The Morgan fingerprint density at radius 1 is 1.30 bits per heavy atom. The summed E-state index contributed by atoms with van der Waals surface area (Å²) in [5.41, 5.74) is 3.05. The van der Waals surface area contributed by atoms with Crippen molar-refractivity contribution in [2.45, 2.75) is 32.2 Å². The third kappa shape index (κ3) is 1.69. The predicted octanol–water partition coefficient (Wildman–Crippen LogP) is 3.05. The molecule has 0 radical (unpaired) electrons. The molecule has 0 N–H and O–H groups in total. The van der Waals surface area contributed by atoms with Gasteiger partial charge in [0.2, 0.25) is 0 Å². The molecule has 0 bridgehead atoms. The number of aryl methyl sites for hydroxylation is 1. The van der Waals surface area contributed by atoms with Gasteiger partial charge in [-0.15, -0.1) is 0 Å². The molecule has 1 atom stereocenters. The fourth-order valence-corrected chi connectivity index (χ4v) is 4.19. The Bertz CT molecular complexity index is 871. The second-order valence-corrected chi connectivity index (χ2v) is 6.68. The molecule has 2 fully saturated rings. The van der Waals surface area contributed by atoms with E-state index in [1.807, 2.05) is 25.4 Å². The van der Waals surface area contributed by atoms with Gasteiger partial charge in [0, 0.05) is 24.4 Å². The standard InChI is InChI=1S/C17H17N5O/c1-11-13-15(19-10-20-16(13)23-21-11)22-9-17(5-3-6-17)14(22)12-4-2-7-18-8-12/h2,4,7-8,10,14H,3,5-6,9H2,1H3. The molecule has 23 heavy (non-hydrogen) atoms. The van der Waals surface area contributed by atoms with Crippen molar-refractivity contribution >= 4 is 16.9 Å². The summed E-state index contributed by atoms with van der Waals surface area (Å²) in [6, 6.07) is 4.51. The average Bonchev–Trinajstić information content (AvgIpc) is 2.88. The van der Waals surface area contributed by atoms with Crippen LogP contribution in [0.3, 0.4) is 0 Å². The van der Waals surface area contributed by atoms with Crippen LogP contribution in [-0.4, -0.2) is 26.7 Å². The maximum atomic E-state index is 5.30. The lowest BCUT2D eigenvalue weighted by Crippen LogP contribution is -2.62. The summed E-state index contributed by atoms with van der Waals surface area (Å²) in [6.07, 6.45) is 9.24. The number of rotatable bonds is 2. The Kier molecular flexibility index (Phi) is 2.54. The number of anilines is 1. The zero-order chi connectivity index (χ0) is 15.4. The molecule has 6 heteroatoms. The first-order chi connectivity index (χ1) is 11.3. The first kappa shape index (κ1) is 13.0. The van der Waals surface area contributed by atoms with E-state index >= 15 is 0 Å². The first-order valence-corrected chi connectivity index (χ1v) is 8.02. The molecule has 1 spiro atoms. The minimum absolute atomic E-state index is 0.331. The molecule has 1 unspecified atom stereocenters. The van der Waals surface area contributed by atoms with E-state index in [1.165, 1.54) is 24.8 Å². The van der Waals surface area contributed by atoms with Crippen LogP contribution in [0, 0.1) is 12.3 Å². The normalized spacial score (nSPS) is 22.1. The first-order valence-electron chi connectivity index (χ1n) is 8.02. The average molecular weight is 307 g/mol. The van der Waals surface area contributed by atoms with Crippen molar-refractivity contribution < 1.29 is 4.52 Å². The van der Waals surface area contributed by atoms with E-state index in [1.54, 1.807) is 6.33 Å². The fraction of sp³-hybridized carbons (Fsp3) is 0.412. The lowest BCUT2D eigenvalue weighted by molar-refractivity contribution is 0.0278. The molecule has 1 aliphatic carbocycles. The van der Waals surface area contributed by atoms with Crippen LogP contribution in [0.5, 0.6) is 0 Å². The molecule has 4 heterocycles. The Morgan fingerprint density at radius 2 is 2.22 bits per heavy atom. The van der Waals surface area contributed by atoms with Gasteiger partial charge in [-0.1, -0.05) is 17.6 Å². The summed E-state index contributed by atoms with van der Waals surface area (Å²) in [6.45, 7) is 2.97. The van der Waals surface area contributed by atoms with E-state index in [0.29, 0.717) is 17.2 Å². The van der Waals surface area contributed by atoms with Crippen molar-refractivity contribution in [1.82, 2.24) is 20.1 Å². The molecule has 3 aromatic rings. The Balaban J connectivity index is 1.63. The fourth-order valence-electron chi connectivity index (χ4n) is 4.19. The zero-order valence-electron chi connectivity index (χ0n) is 12.9. The summed E-state index contributed by atoms with van der Waals surface area (Å²) in [5, 5.41) is 4.98. The van der Waals surface area contributed by atoms with Crippen LogP contribution in [-0.2, 0) is 0 Å². The minimum Gasteiger partial charge on any atom is -0.347 e. The third-order valence-electron chi connectivity index (χ3n) is 5.42. The highest BCUT2D eigenvalue weighted by atomic mass is 16.5. The molecular formula is C17H17N5O. The van der Waals surface area contributed by atoms with Crippen LogP contribution >= 0.6 is 0 Å². The lowest BCUT2D eigenvalue weighted by atomic mass is 9.56. The highest BCUT2D eigenvalue weighted by molar-refractivity contribution is 5.88. The van der Waals surface area contributed by atoms with Crippen LogP contribution < -0.4 is 4.90 Å². The topological polar surface area (TPSA) is 67.9 Å². The smallest absolute Gasteiger partial charge is 0.263 e. The predicted molar refractivity (Wildman–Crippen MR) is 84.9 cm³/mol. The summed E-state index contributed by atoms with van der Waals surface area (Å²) in [5.74, 6) is 0.931. The second-order valence-electron chi connectivity index (χ2n) is 6.68. The summed E-state index contributed by atoms with van der Waals surface area (Å²) < 4.78 is 5.30. The van der Waals surface area contributed by atoms with Crippen LogP contribution in [0.2, 0.25) is 0 Å². The Hall–Kier alpha value is -2.50. The molecule has 6 nitrogen and oxygen atoms in total. The van der Waals surface area contributed by atoms with Gasteiger partial charge < -0.3 is 9.42 Å². The molecular weight excluding hydrogens is 290 g/mol. The highest BCUT2D eigenvalue weighted by Crippen LogP contribution is 2.61. The van der Waals surface area contributed by atoms with E-state index in [-0.39, 0.29) is 0 Å². The van der Waals surface area contributed by atoms with Crippen LogP contribution in [0.15, 0.2) is 35.4 Å². The van der Waals surface area contributed by atoms with Crippen molar-refractivity contribution in [3.05, 3.63) is 42.1 Å². The van der Waals surface area contributed by atoms with E-state index in [0.717, 1.165) is 23.4 Å². The summed E-state index contributed by atoms with van der Waals surface area (Å²) in [7, 11) is 0. The number of nitrogens with zero attached hydrogens (tertiary/aromatic N) is 5. The number of hydrogen-bond acceptors (Lipinski definition) is 6. The van der Waals surface area contributed by atoms with Crippen LogP contribution in [0.1, 0.15) is 36.6 Å². The largest absolute Gasteiger partial charge is 0.347 e. The molecule has 5 rings (SSSR count). The van der Waals surface area contributed by atoms with Crippen molar-refractivity contribution in [2.75, 3.05) is 11.4 Å². The van der Waals surface area contributed by atoms with Gasteiger partial charge in [-0.2, -0.15) is 4.98 Å². The number of hydrogen-bond donors (Lipinski definition) is 0. The van der Waals surface area contributed by atoms with E-state index in [4.69, 9.17) is 4.52 Å². The zero-order valence-corrected chi connectivity index (χ0v) is 12.9. The van der Waals surface area contributed by atoms with E-state index in [2.05, 4.69) is 31.1 Å². The maximum Gasteiger partial charge on any atom is 0.263 e. The molecule has 116 valence electrons. The van der Waals surface area contributed by atoms with Gasteiger partial charge >= 0.3 is 0 Å². The Labute approximate surface area is 133 Å². The van der Waals surface area contributed by atoms with Crippen LogP contribution in [0.25, 0.3) is 11.1 Å². The molecule has 0 aromatic carbocycles. The van der Waals surface area contributed by atoms with Gasteiger partial charge in [0.1, 0.15) is 17.5 Å². The second kappa shape index (κ2) is 4.50. The van der Waals surface area contributed by atoms with Gasteiger partial charge in [0.15, 0.2) is 0 Å². The van der Waals surface area contributed by atoms with Gasteiger partial charge in [-0.25, -0.2) is 4.98 Å². The molecule has 0 amide bonds. The number of fused-ring (bicyclic) bond motifs is 1. The summed E-state index contributed by atoms with van der Waals surface area (Å²) in [4.78, 5) is 15.4. The van der Waals surface area contributed by atoms with Gasteiger partial charge in [0.05, 0.1) is 11.7 Å². The van der Waals surface area contributed by atoms with Gasteiger partial charge in [0.25, 0.3) is 5.71 Å². The monoisotopic (exact) mass is 307 g/mol. The van der Waals surface area contributed by atoms with Crippen molar-refractivity contribution in [3.63, 3.8) is 0 Å². The number of aromatic nitrogens is 4. The summed E-state index contributed by atoms with van der Waals surface area (Å²) >= 11 is 0. The molecule has 2 aliphatic rings. The minimum atomic E-state index is 0.331. The van der Waals surface area contributed by atoms with Crippen molar-refractivity contribution in [2.24, 2.45) is 5.41 Å². The van der Waals surface area contributed by atoms with Crippen molar-refractivity contribution in [3.8, 4) is 0 Å². The van der Waals surface area contributed by atoms with Gasteiger partial charge in [-0.3, -0.25) is 4.98 Å². The molecule has 1 aliphatic heterocycles. The van der Waals surface area contributed by atoms with Crippen LogP contribution in [0.4, 0.5) is 5.82 Å². The molecule has 1 saturated heterocycles. The quantitative estimate of drug-likeness (QED) is 0.725. The highest BCUT2D eigenvalue weighted by Gasteiger charge is 2.57. The maximum absolute atomic E-state index is 5.30. The molecule has 1 saturated carbocycles. The SMILES string of the molecule is Cc1noc2ncnc(N3CC4(CCC4)C3c3cccnc3)c12. The molecule has 3 aromatic heterocycles. The van der Waals surface area contributed by atoms with E-state index in [9.17, 15) is 0 Å². The van der Waals surface area contributed by atoms with Gasteiger partial charge in [-0.05, 0) is 31.4 Å². The van der Waals surface area contributed by atoms with E-state index < -0.39 is 0 Å². The number of pyridine rings is 1. The Morgan fingerprint density at radius 3 is 2.96 bits per heavy atom. The third-order valence-corrected chi connectivity index (χ3v) is 5.42.